The van der Waals surface area contributed by atoms with Gasteiger partial charge in [-0.15, -0.1) is 23.1 Å². The Morgan fingerprint density at radius 3 is 2.47 bits per heavy atom. The van der Waals surface area contributed by atoms with Crippen LogP contribution in [0.4, 0.5) is 5.69 Å². The van der Waals surface area contributed by atoms with Gasteiger partial charge in [0, 0.05) is 18.8 Å². The molecule has 0 saturated heterocycles. The van der Waals surface area contributed by atoms with Crippen molar-refractivity contribution in [2.45, 2.75) is 37.6 Å². The zero-order valence-corrected chi connectivity index (χ0v) is 21.1. The van der Waals surface area contributed by atoms with Gasteiger partial charge >= 0.3 is 0 Å². The number of sulfonamides is 1. The van der Waals surface area contributed by atoms with Crippen molar-refractivity contribution in [2.24, 2.45) is 0 Å². The Kier molecular flexibility index (Phi) is 7.71. The Bertz CT molecular complexity index is 1220. The summed E-state index contributed by atoms with van der Waals surface area (Å²) in [7, 11) is -3.65. The van der Waals surface area contributed by atoms with E-state index >= 15 is 0 Å². The van der Waals surface area contributed by atoms with Crippen molar-refractivity contribution in [1.29, 1.82) is 0 Å². The molecule has 1 aromatic carbocycles. The monoisotopic (exact) mass is 490 g/mol. The third-order valence-corrected chi connectivity index (χ3v) is 8.73. The van der Waals surface area contributed by atoms with Crippen LogP contribution in [0.2, 0.25) is 0 Å². The Morgan fingerprint density at radius 2 is 1.88 bits per heavy atom. The van der Waals surface area contributed by atoms with Crippen LogP contribution in [-0.2, 0) is 10.0 Å². The molecule has 1 N–H and O–H groups in total. The lowest BCUT2D eigenvalue weighted by Gasteiger charge is -2.20. The van der Waals surface area contributed by atoms with Crippen LogP contribution in [0.15, 0.2) is 45.6 Å². The molecule has 0 aliphatic carbocycles. The molecule has 0 radical (unpaired) electrons. The van der Waals surface area contributed by atoms with Gasteiger partial charge in [-0.2, -0.15) is 4.31 Å². The minimum absolute atomic E-state index is 0.185. The fraction of sp³-hybridized carbons (Fsp3) is 0.318. The molecule has 2 heterocycles. The number of carbonyl (C=O) groups excluding carboxylic acids is 1. The highest BCUT2D eigenvalue weighted by molar-refractivity contribution is 7.98. The summed E-state index contributed by atoms with van der Waals surface area (Å²) in [6, 6.07) is 8.77. The quantitative estimate of drug-likeness (QED) is 0.359. The van der Waals surface area contributed by atoms with E-state index in [1.807, 2.05) is 23.8 Å². The predicted molar refractivity (Wildman–Crippen MR) is 131 cm³/mol. The maximum atomic E-state index is 13.1. The summed E-state index contributed by atoms with van der Waals surface area (Å²) in [5.41, 5.74) is 1.97. The maximum absolute atomic E-state index is 13.1. The number of thiophene rings is 1. The molecule has 10 heteroatoms. The van der Waals surface area contributed by atoms with Gasteiger partial charge in [0.15, 0.2) is 5.82 Å². The number of amides is 1. The number of nitrogens with zero attached hydrogens (tertiary/aromatic N) is 3. The van der Waals surface area contributed by atoms with Gasteiger partial charge in [0.25, 0.3) is 5.91 Å². The summed E-state index contributed by atoms with van der Waals surface area (Å²) >= 11 is 2.91. The summed E-state index contributed by atoms with van der Waals surface area (Å²) in [4.78, 5) is 23.4. The predicted octanol–water partition coefficient (Wildman–Crippen LogP) is 4.83. The first-order valence-corrected chi connectivity index (χ1v) is 13.7. The van der Waals surface area contributed by atoms with Crippen LogP contribution in [0.3, 0.4) is 0 Å². The van der Waals surface area contributed by atoms with Crippen molar-refractivity contribution in [3.8, 4) is 10.7 Å². The fourth-order valence-corrected chi connectivity index (χ4v) is 6.31. The molecule has 0 spiro atoms. The number of hydrogen-bond donors (Lipinski definition) is 1. The Balaban J connectivity index is 1.96. The molecule has 0 bridgehead atoms. The molecule has 3 rings (SSSR count). The lowest BCUT2D eigenvalue weighted by atomic mass is 10.2. The molecule has 0 unspecified atom stereocenters. The van der Waals surface area contributed by atoms with Crippen LogP contribution in [-0.4, -0.2) is 47.9 Å². The number of carbonyl (C=O) groups is 1. The summed E-state index contributed by atoms with van der Waals surface area (Å²) in [5, 5.41) is 5.35. The lowest BCUT2D eigenvalue weighted by Crippen LogP contribution is -2.31. The van der Waals surface area contributed by atoms with E-state index in [0.29, 0.717) is 46.4 Å². The number of hydrogen-bond acceptors (Lipinski definition) is 7. The fourth-order valence-electron chi connectivity index (χ4n) is 3.32. The number of aryl methyl sites for hydroxylation is 2. The van der Waals surface area contributed by atoms with Crippen LogP contribution < -0.4 is 5.32 Å². The van der Waals surface area contributed by atoms with Gasteiger partial charge in [0.1, 0.15) is 5.03 Å². The Morgan fingerprint density at radius 1 is 1.16 bits per heavy atom. The van der Waals surface area contributed by atoms with Crippen molar-refractivity contribution in [1.82, 2.24) is 14.3 Å². The SMILES string of the molecule is CCN(CC)S(=O)(=O)c1cc(NC(=O)c2c(C)nc(-c3cccs3)nc2SC)ccc1C. The van der Waals surface area contributed by atoms with E-state index in [1.54, 1.807) is 39.8 Å². The van der Waals surface area contributed by atoms with Gasteiger partial charge in [-0.1, -0.05) is 26.0 Å². The molecule has 0 aliphatic heterocycles. The van der Waals surface area contributed by atoms with E-state index in [0.717, 1.165) is 4.88 Å². The first-order valence-electron chi connectivity index (χ1n) is 10.1. The van der Waals surface area contributed by atoms with E-state index in [4.69, 9.17) is 0 Å². The van der Waals surface area contributed by atoms with Gasteiger partial charge in [-0.05, 0) is 49.2 Å². The summed E-state index contributed by atoms with van der Waals surface area (Å²) < 4.78 is 27.4. The number of anilines is 1. The second kappa shape index (κ2) is 10.1. The van der Waals surface area contributed by atoms with Crippen molar-refractivity contribution in [3.63, 3.8) is 0 Å². The molecule has 0 fully saturated rings. The number of nitrogens with one attached hydrogen (secondary N) is 1. The van der Waals surface area contributed by atoms with Crippen molar-refractivity contribution >= 4 is 44.7 Å². The standard InChI is InChI=1S/C22H26N4O3S3/c1-6-26(7-2)32(28,29)18-13-16(11-10-14(18)3)24-21(27)19-15(4)23-20(25-22(19)30-5)17-9-8-12-31-17/h8-13H,6-7H2,1-5H3,(H,24,27). The normalized spacial score (nSPS) is 11.7. The molecule has 7 nitrogen and oxygen atoms in total. The highest BCUT2D eigenvalue weighted by Crippen LogP contribution is 2.29. The van der Waals surface area contributed by atoms with Crippen molar-refractivity contribution < 1.29 is 13.2 Å². The zero-order valence-electron chi connectivity index (χ0n) is 18.7. The van der Waals surface area contributed by atoms with Crippen LogP contribution in [0.1, 0.15) is 35.5 Å². The highest BCUT2D eigenvalue weighted by Gasteiger charge is 2.25. The molecular weight excluding hydrogens is 464 g/mol. The van der Waals surface area contributed by atoms with E-state index in [-0.39, 0.29) is 10.8 Å². The number of benzene rings is 1. The maximum Gasteiger partial charge on any atom is 0.260 e. The van der Waals surface area contributed by atoms with Crippen LogP contribution in [0.25, 0.3) is 10.7 Å². The molecule has 0 saturated carbocycles. The molecule has 2 aromatic heterocycles. The van der Waals surface area contributed by atoms with Gasteiger partial charge in [0.2, 0.25) is 10.0 Å². The van der Waals surface area contributed by atoms with Crippen molar-refractivity contribution in [2.75, 3.05) is 24.7 Å². The van der Waals surface area contributed by atoms with Crippen molar-refractivity contribution in [3.05, 3.63) is 52.5 Å². The van der Waals surface area contributed by atoms with E-state index < -0.39 is 10.0 Å². The molecule has 0 aliphatic rings. The van der Waals surface area contributed by atoms with Crippen LogP contribution >= 0.6 is 23.1 Å². The van der Waals surface area contributed by atoms with Gasteiger partial charge in [-0.3, -0.25) is 4.79 Å². The third kappa shape index (κ3) is 4.88. The first kappa shape index (κ1) is 24.4. The minimum Gasteiger partial charge on any atom is -0.322 e. The molecule has 170 valence electrons. The Labute approximate surface area is 197 Å². The number of rotatable bonds is 8. The average molecular weight is 491 g/mol. The van der Waals surface area contributed by atoms with Gasteiger partial charge in [-0.25, -0.2) is 18.4 Å². The largest absolute Gasteiger partial charge is 0.322 e. The molecule has 1 amide bonds. The van der Waals surface area contributed by atoms with E-state index in [9.17, 15) is 13.2 Å². The average Bonchev–Trinajstić information content (AvgIpc) is 3.30. The molecule has 3 aromatic rings. The smallest absolute Gasteiger partial charge is 0.260 e. The summed E-state index contributed by atoms with van der Waals surface area (Å²) in [5.74, 6) is 0.209. The highest BCUT2D eigenvalue weighted by atomic mass is 32.2. The molecule has 32 heavy (non-hydrogen) atoms. The topological polar surface area (TPSA) is 92.3 Å². The minimum atomic E-state index is -3.65. The first-order chi connectivity index (χ1) is 15.2. The summed E-state index contributed by atoms with van der Waals surface area (Å²) in [6.45, 7) is 7.87. The van der Waals surface area contributed by atoms with E-state index in [2.05, 4.69) is 15.3 Å². The Hall–Kier alpha value is -2.27. The molecular formula is C22H26N4O3S3. The molecule has 0 atom stereocenters. The van der Waals surface area contributed by atoms with Crippen LogP contribution in [0, 0.1) is 13.8 Å². The van der Waals surface area contributed by atoms with E-state index in [1.165, 1.54) is 33.5 Å². The second-order valence-corrected chi connectivity index (χ2v) is 10.7. The zero-order chi connectivity index (χ0) is 23.5. The van der Waals surface area contributed by atoms with Gasteiger partial charge < -0.3 is 5.32 Å². The third-order valence-electron chi connectivity index (χ3n) is 4.99. The van der Waals surface area contributed by atoms with Crippen LogP contribution in [0.5, 0.6) is 0 Å². The summed E-state index contributed by atoms with van der Waals surface area (Å²) in [6.07, 6.45) is 1.86. The second-order valence-electron chi connectivity index (χ2n) is 7.02. The number of aromatic nitrogens is 2. The lowest BCUT2D eigenvalue weighted by molar-refractivity contribution is 0.102. The van der Waals surface area contributed by atoms with Gasteiger partial charge in [0.05, 0.1) is 21.0 Å². The number of thioether (sulfide) groups is 1.